The Morgan fingerprint density at radius 2 is 1.73 bits per heavy atom. The number of carbonyl (C=O) groups is 1. The topological polar surface area (TPSA) is 20.3 Å². The molecule has 3 atom stereocenters. The van der Waals surface area contributed by atoms with Crippen LogP contribution in [0, 0.1) is 11.3 Å². The highest BCUT2D eigenvalue weighted by Gasteiger charge is 2.47. The summed E-state index contributed by atoms with van der Waals surface area (Å²) in [5, 5.41) is 0. The number of carbonyl (C=O) groups excluding carboxylic acids is 1. The van der Waals surface area contributed by atoms with Crippen LogP contribution in [0.1, 0.15) is 47.0 Å². The van der Waals surface area contributed by atoms with Crippen LogP contribution in [0.3, 0.4) is 0 Å². The lowest BCUT2D eigenvalue weighted by Crippen LogP contribution is -2.61. The van der Waals surface area contributed by atoms with Gasteiger partial charge in [0.2, 0.25) is 0 Å². The fourth-order valence-electron chi connectivity index (χ4n) is 3.30. The highest BCUT2D eigenvalue weighted by Crippen LogP contribution is 2.43. The van der Waals surface area contributed by atoms with Gasteiger partial charge in [0.05, 0.1) is 0 Å². The Hall–Kier alpha value is -0.370. The lowest BCUT2D eigenvalue weighted by atomic mass is 9.68. The molecule has 0 aromatic heterocycles. The fourth-order valence-corrected chi connectivity index (χ4v) is 3.30. The van der Waals surface area contributed by atoms with Crippen molar-refractivity contribution < 1.29 is 4.79 Å². The molecule has 0 radical (unpaired) electrons. The summed E-state index contributed by atoms with van der Waals surface area (Å²) in [5.74, 6) is 0.824. The minimum absolute atomic E-state index is 0.147. The standard InChI is InChI=1S/C13H23NO/c1-5-14-10-6-9(7-11(14)8-10)12(15)13(2,3)4/h9-11H,5-8H2,1-4H3/t9?,10-,11+. The van der Waals surface area contributed by atoms with Crippen LogP contribution in [0.5, 0.6) is 0 Å². The van der Waals surface area contributed by atoms with Crippen LogP contribution in [0.25, 0.3) is 0 Å². The Kier molecular flexibility index (Phi) is 2.66. The van der Waals surface area contributed by atoms with E-state index in [1.165, 1.54) is 6.42 Å². The van der Waals surface area contributed by atoms with Gasteiger partial charge in [-0.3, -0.25) is 9.69 Å². The van der Waals surface area contributed by atoms with Gasteiger partial charge < -0.3 is 0 Å². The summed E-state index contributed by atoms with van der Waals surface area (Å²) in [6, 6.07) is 1.43. The Balaban J connectivity index is 1.97. The average Bonchev–Trinajstić information content (AvgIpc) is 2.16. The summed E-state index contributed by atoms with van der Waals surface area (Å²) in [6.07, 6.45) is 3.56. The van der Waals surface area contributed by atoms with Gasteiger partial charge in [-0.1, -0.05) is 27.7 Å². The summed E-state index contributed by atoms with van der Waals surface area (Å²) in [6.45, 7) is 9.53. The molecule has 1 aliphatic carbocycles. The number of ketones is 1. The zero-order valence-corrected chi connectivity index (χ0v) is 10.4. The van der Waals surface area contributed by atoms with Gasteiger partial charge in [-0.25, -0.2) is 0 Å². The fraction of sp³-hybridized carbons (Fsp3) is 0.923. The molecule has 0 amide bonds. The molecule has 3 aliphatic rings. The van der Waals surface area contributed by atoms with E-state index in [1.54, 1.807) is 0 Å². The van der Waals surface area contributed by atoms with Crippen molar-refractivity contribution in [3.8, 4) is 0 Å². The van der Waals surface area contributed by atoms with Crippen molar-refractivity contribution in [1.82, 2.24) is 4.90 Å². The minimum Gasteiger partial charge on any atom is -0.299 e. The van der Waals surface area contributed by atoms with Crippen molar-refractivity contribution in [2.24, 2.45) is 11.3 Å². The molecule has 86 valence electrons. The van der Waals surface area contributed by atoms with E-state index in [1.807, 2.05) is 20.8 Å². The lowest BCUT2D eigenvalue weighted by molar-refractivity contribution is -0.138. The van der Waals surface area contributed by atoms with E-state index in [9.17, 15) is 4.79 Å². The number of Topliss-reactive ketones (excluding diaryl/α,β-unsaturated/α-hetero) is 1. The van der Waals surface area contributed by atoms with Gasteiger partial charge in [-0.05, 0) is 25.8 Å². The molecule has 2 saturated heterocycles. The molecular formula is C13H23NO. The predicted octanol–water partition coefficient (Wildman–Crippen LogP) is 2.47. The van der Waals surface area contributed by atoms with E-state index in [2.05, 4.69) is 11.8 Å². The van der Waals surface area contributed by atoms with Crippen molar-refractivity contribution in [2.75, 3.05) is 6.54 Å². The molecule has 0 aromatic rings. The van der Waals surface area contributed by atoms with E-state index >= 15 is 0 Å². The molecule has 3 rings (SSSR count). The largest absolute Gasteiger partial charge is 0.299 e. The minimum atomic E-state index is -0.147. The lowest BCUT2D eigenvalue weighted by Gasteiger charge is -2.55. The third-order valence-electron chi connectivity index (χ3n) is 4.07. The van der Waals surface area contributed by atoms with Gasteiger partial charge in [0.1, 0.15) is 5.78 Å². The Morgan fingerprint density at radius 1 is 1.20 bits per heavy atom. The summed E-state index contributed by atoms with van der Waals surface area (Å²) in [4.78, 5) is 14.7. The van der Waals surface area contributed by atoms with E-state index < -0.39 is 0 Å². The number of fused-ring (bicyclic) bond motifs is 2. The molecule has 2 heterocycles. The van der Waals surface area contributed by atoms with Crippen LogP contribution < -0.4 is 0 Å². The summed E-state index contributed by atoms with van der Waals surface area (Å²) < 4.78 is 0. The number of nitrogens with zero attached hydrogens (tertiary/aromatic N) is 1. The van der Waals surface area contributed by atoms with Gasteiger partial charge in [0.25, 0.3) is 0 Å². The second-order valence-electron chi connectivity index (χ2n) is 6.16. The summed E-state index contributed by atoms with van der Waals surface area (Å²) >= 11 is 0. The van der Waals surface area contributed by atoms with Gasteiger partial charge in [-0.2, -0.15) is 0 Å². The Bertz CT molecular complexity index is 254. The van der Waals surface area contributed by atoms with Crippen LogP contribution in [0.15, 0.2) is 0 Å². The second-order valence-corrected chi connectivity index (χ2v) is 6.16. The maximum absolute atomic E-state index is 12.2. The molecule has 2 bridgehead atoms. The van der Waals surface area contributed by atoms with Crippen LogP contribution in [0.2, 0.25) is 0 Å². The van der Waals surface area contributed by atoms with Crippen molar-refractivity contribution in [2.45, 2.75) is 59.0 Å². The Labute approximate surface area is 93.0 Å². The molecule has 15 heavy (non-hydrogen) atoms. The first kappa shape index (κ1) is 11.1. The average molecular weight is 209 g/mol. The number of rotatable bonds is 2. The SMILES string of the molecule is CCN1[C@@H]2CC(C(=O)C(C)(C)C)C[C@H]1C2. The van der Waals surface area contributed by atoms with Crippen LogP contribution in [-0.2, 0) is 4.79 Å². The number of piperidine rings is 1. The first-order valence-corrected chi connectivity index (χ1v) is 6.23. The quantitative estimate of drug-likeness (QED) is 0.696. The smallest absolute Gasteiger partial charge is 0.141 e. The number of hydrogen-bond donors (Lipinski definition) is 0. The number of hydrogen-bond acceptors (Lipinski definition) is 2. The van der Waals surface area contributed by atoms with Gasteiger partial charge >= 0.3 is 0 Å². The highest BCUT2D eigenvalue weighted by molar-refractivity contribution is 5.86. The third kappa shape index (κ3) is 1.84. The van der Waals surface area contributed by atoms with Crippen LogP contribution in [0.4, 0.5) is 0 Å². The molecule has 0 aromatic carbocycles. The third-order valence-corrected chi connectivity index (χ3v) is 4.07. The first-order valence-electron chi connectivity index (χ1n) is 6.23. The maximum atomic E-state index is 12.2. The second kappa shape index (κ2) is 3.58. The predicted molar refractivity (Wildman–Crippen MR) is 61.8 cm³/mol. The maximum Gasteiger partial charge on any atom is 0.141 e. The molecule has 1 unspecified atom stereocenters. The van der Waals surface area contributed by atoms with E-state index in [4.69, 9.17) is 0 Å². The van der Waals surface area contributed by atoms with Crippen molar-refractivity contribution in [3.63, 3.8) is 0 Å². The summed E-state index contributed by atoms with van der Waals surface area (Å²) in [7, 11) is 0. The zero-order chi connectivity index (χ0) is 11.2. The highest BCUT2D eigenvalue weighted by atomic mass is 16.1. The Morgan fingerprint density at radius 3 is 2.13 bits per heavy atom. The summed E-state index contributed by atoms with van der Waals surface area (Å²) in [5.41, 5.74) is -0.147. The van der Waals surface area contributed by atoms with Crippen molar-refractivity contribution >= 4 is 5.78 Å². The van der Waals surface area contributed by atoms with Crippen LogP contribution in [-0.4, -0.2) is 29.3 Å². The van der Waals surface area contributed by atoms with Gasteiger partial charge in [0.15, 0.2) is 0 Å². The first-order chi connectivity index (χ1) is 6.93. The molecule has 2 aliphatic heterocycles. The molecule has 0 spiro atoms. The zero-order valence-electron chi connectivity index (χ0n) is 10.4. The monoisotopic (exact) mass is 209 g/mol. The normalized spacial score (nSPS) is 36.1. The van der Waals surface area contributed by atoms with Crippen molar-refractivity contribution in [3.05, 3.63) is 0 Å². The van der Waals surface area contributed by atoms with Crippen molar-refractivity contribution in [1.29, 1.82) is 0 Å². The van der Waals surface area contributed by atoms with Gasteiger partial charge in [-0.15, -0.1) is 0 Å². The van der Waals surface area contributed by atoms with Gasteiger partial charge in [0, 0.05) is 23.4 Å². The molecule has 1 saturated carbocycles. The molecule has 2 nitrogen and oxygen atoms in total. The molecular weight excluding hydrogens is 186 g/mol. The van der Waals surface area contributed by atoms with E-state index in [0.717, 1.165) is 19.4 Å². The molecule has 2 heteroatoms. The van der Waals surface area contributed by atoms with Crippen LogP contribution >= 0.6 is 0 Å². The van der Waals surface area contributed by atoms with E-state index in [-0.39, 0.29) is 5.41 Å². The molecule has 3 fully saturated rings. The van der Waals surface area contributed by atoms with E-state index in [0.29, 0.717) is 23.8 Å². The molecule has 0 N–H and O–H groups in total.